The fourth-order valence-electron chi connectivity index (χ4n) is 1.20. The van der Waals surface area contributed by atoms with Crippen molar-refractivity contribution in [3.05, 3.63) is 40.8 Å². The van der Waals surface area contributed by atoms with Gasteiger partial charge >= 0.3 is 0 Å². The number of nitrogen functional groups attached to an aromatic ring is 1. The molecule has 0 bridgehead atoms. The maximum absolute atomic E-state index is 5.68. The third kappa shape index (κ3) is 2.30. The van der Waals surface area contributed by atoms with E-state index in [0.29, 0.717) is 17.3 Å². The predicted octanol–water partition coefficient (Wildman–Crippen LogP) is 2.92. The summed E-state index contributed by atoms with van der Waals surface area (Å²) in [5.41, 5.74) is 7.05. The molecule has 2 N–H and O–H groups in total. The highest BCUT2D eigenvalue weighted by Gasteiger charge is 2.06. The van der Waals surface area contributed by atoms with Crippen LogP contribution in [0.15, 0.2) is 35.1 Å². The Morgan fingerprint density at radius 2 is 2.00 bits per heavy atom. The summed E-state index contributed by atoms with van der Waals surface area (Å²) < 4.78 is 6.45. The summed E-state index contributed by atoms with van der Waals surface area (Å²) in [5.74, 6) is 1.11. The molecule has 2 aromatic rings. The maximum Gasteiger partial charge on any atom is 0.240 e. The Kier molecular flexibility index (Phi) is 3.05. The number of hydrogen-bond acceptors (Lipinski definition) is 4. The molecule has 82 valence electrons. The quantitative estimate of drug-likeness (QED) is 0.859. The lowest BCUT2D eigenvalue weighted by Crippen LogP contribution is -1.94. The van der Waals surface area contributed by atoms with Crippen LogP contribution in [0.5, 0.6) is 11.6 Å². The number of hydrogen-bond donors (Lipinski definition) is 1. The Hall–Kier alpha value is -1.62. The molecule has 0 amide bonds. The van der Waals surface area contributed by atoms with E-state index in [1.54, 1.807) is 24.5 Å². The van der Waals surface area contributed by atoms with Crippen LogP contribution in [-0.4, -0.2) is 9.97 Å². The smallest absolute Gasteiger partial charge is 0.240 e. The minimum Gasteiger partial charge on any atom is -0.436 e. The normalized spacial score (nSPS) is 10.1. The van der Waals surface area contributed by atoms with Gasteiger partial charge in [-0.1, -0.05) is 0 Å². The molecule has 1 aromatic carbocycles. The molecule has 4 nitrogen and oxygen atoms in total. The lowest BCUT2D eigenvalue weighted by Gasteiger charge is -2.08. The molecule has 0 aliphatic heterocycles. The van der Waals surface area contributed by atoms with Gasteiger partial charge in [0, 0.05) is 24.1 Å². The fourth-order valence-corrected chi connectivity index (χ4v) is 1.52. The van der Waals surface area contributed by atoms with E-state index in [0.717, 1.165) is 10.2 Å². The zero-order chi connectivity index (χ0) is 11.5. The van der Waals surface area contributed by atoms with Crippen molar-refractivity contribution in [2.75, 3.05) is 5.73 Å². The van der Waals surface area contributed by atoms with Gasteiger partial charge in [0.05, 0.1) is 10.2 Å². The number of benzene rings is 1. The predicted molar refractivity (Wildman–Crippen MR) is 65.4 cm³/mol. The summed E-state index contributed by atoms with van der Waals surface area (Å²) in [7, 11) is 0. The first-order chi connectivity index (χ1) is 7.66. The van der Waals surface area contributed by atoms with Gasteiger partial charge in [0.25, 0.3) is 0 Å². The number of anilines is 1. The summed E-state index contributed by atoms with van der Waals surface area (Å²) in [4.78, 5) is 8.19. The van der Waals surface area contributed by atoms with Crippen molar-refractivity contribution in [3.63, 3.8) is 0 Å². The van der Waals surface area contributed by atoms with Gasteiger partial charge in [-0.25, -0.2) is 4.98 Å². The minimum absolute atomic E-state index is 0.480. The molecule has 1 aromatic heterocycles. The van der Waals surface area contributed by atoms with Crippen LogP contribution in [0.4, 0.5) is 5.69 Å². The van der Waals surface area contributed by atoms with Gasteiger partial charge in [-0.05, 0) is 35.0 Å². The average molecular weight is 280 g/mol. The van der Waals surface area contributed by atoms with Gasteiger partial charge in [-0.3, -0.25) is 4.98 Å². The molecule has 0 unspecified atom stereocenters. The fraction of sp³-hybridized carbons (Fsp3) is 0.0909. The number of ether oxygens (including phenoxy) is 1. The van der Waals surface area contributed by atoms with Crippen molar-refractivity contribution in [2.24, 2.45) is 0 Å². The second kappa shape index (κ2) is 4.49. The van der Waals surface area contributed by atoms with Crippen molar-refractivity contribution in [1.82, 2.24) is 9.97 Å². The summed E-state index contributed by atoms with van der Waals surface area (Å²) in [6.07, 6.45) is 3.21. The first kappa shape index (κ1) is 10.9. The summed E-state index contributed by atoms with van der Waals surface area (Å²) >= 11 is 3.38. The van der Waals surface area contributed by atoms with Crippen LogP contribution in [0.3, 0.4) is 0 Å². The highest BCUT2D eigenvalue weighted by Crippen LogP contribution is 2.31. The Labute approximate surface area is 102 Å². The van der Waals surface area contributed by atoms with E-state index in [1.807, 2.05) is 13.0 Å². The number of aryl methyl sites for hydroxylation is 1. The summed E-state index contributed by atoms with van der Waals surface area (Å²) in [6.45, 7) is 1.84. The van der Waals surface area contributed by atoms with Crippen LogP contribution < -0.4 is 10.5 Å². The largest absolute Gasteiger partial charge is 0.436 e. The zero-order valence-corrected chi connectivity index (χ0v) is 10.2. The van der Waals surface area contributed by atoms with E-state index >= 15 is 0 Å². The van der Waals surface area contributed by atoms with Gasteiger partial charge in [0.1, 0.15) is 5.75 Å². The van der Waals surface area contributed by atoms with Gasteiger partial charge in [0.2, 0.25) is 5.88 Å². The van der Waals surface area contributed by atoms with Crippen molar-refractivity contribution in [1.29, 1.82) is 0 Å². The molecule has 0 aliphatic rings. The van der Waals surface area contributed by atoms with Gasteiger partial charge in [-0.15, -0.1) is 0 Å². The molecule has 16 heavy (non-hydrogen) atoms. The molecule has 0 spiro atoms. The SMILES string of the molecule is Cc1nccnc1Oc1cc(N)ccc1Br. The number of halogens is 1. The Morgan fingerprint density at radius 1 is 1.25 bits per heavy atom. The van der Waals surface area contributed by atoms with E-state index < -0.39 is 0 Å². The van der Waals surface area contributed by atoms with E-state index in [2.05, 4.69) is 25.9 Å². The molecular weight excluding hydrogens is 270 g/mol. The number of rotatable bonds is 2. The van der Waals surface area contributed by atoms with Crippen LogP contribution in [0, 0.1) is 6.92 Å². The summed E-state index contributed by atoms with van der Waals surface area (Å²) in [5, 5.41) is 0. The Balaban J connectivity index is 2.34. The summed E-state index contributed by atoms with van der Waals surface area (Å²) in [6, 6.07) is 5.36. The molecular formula is C11H10BrN3O. The Morgan fingerprint density at radius 3 is 2.75 bits per heavy atom. The van der Waals surface area contributed by atoms with Crippen molar-refractivity contribution in [3.8, 4) is 11.6 Å². The number of nitrogens with zero attached hydrogens (tertiary/aromatic N) is 2. The standard InChI is InChI=1S/C11H10BrN3O/c1-7-11(15-5-4-14-7)16-10-6-8(13)2-3-9(10)12/h2-6H,13H2,1H3. The van der Waals surface area contributed by atoms with Crippen LogP contribution in [0.25, 0.3) is 0 Å². The van der Waals surface area contributed by atoms with Crippen molar-refractivity contribution >= 4 is 21.6 Å². The zero-order valence-electron chi connectivity index (χ0n) is 8.64. The monoisotopic (exact) mass is 279 g/mol. The average Bonchev–Trinajstić information content (AvgIpc) is 2.27. The first-order valence-electron chi connectivity index (χ1n) is 4.67. The highest BCUT2D eigenvalue weighted by molar-refractivity contribution is 9.10. The lowest BCUT2D eigenvalue weighted by molar-refractivity contribution is 0.453. The molecule has 0 aliphatic carbocycles. The molecule has 0 saturated carbocycles. The van der Waals surface area contributed by atoms with E-state index in [9.17, 15) is 0 Å². The van der Waals surface area contributed by atoms with Crippen molar-refractivity contribution in [2.45, 2.75) is 6.92 Å². The van der Waals surface area contributed by atoms with Crippen LogP contribution in [0.1, 0.15) is 5.69 Å². The minimum atomic E-state index is 0.480. The van der Waals surface area contributed by atoms with E-state index in [-0.39, 0.29) is 0 Å². The molecule has 0 saturated heterocycles. The molecule has 5 heteroatoms. The van der Waals surface area contributed by atoms with Gasteiger partial charge < -0.3 is 10.5 Å². The van der Waals surface area contributed by atoms with Gasteiger partial charge in [0.15, 0.2) is 0 Å². The van der Waals surface area contributed by atoms with Crippen molar-refractivity contribution < 1.29 is 4.74 Å². The third-order valence-electron chi connectivity index (χ3n) is 2.00. The van der Waals surface area contributed by atoms with Gasteiger partial charge in [-0.2, -0.15) is 0 Å². The lowest BCUT2D eigenvalue weighted by atomic mass is 10.3. The molecule has 0 fully saturated rings. The number of nitrogens with two attached hydrogens (primary N) is 1. The maximum atomic E-state index is 5.68. The van der Waals surface area contributed by atoms with E-state index in [4.69, 9.17) is 10.5 Å². The molecule has 0 radical (unpaired) electrons. The molecule has 0 atom stereocenters. The third-order valence-corrected chi connectivity index (χ3v) is 2.65. The second-order valence-corrected chi connectivity index (χ2v) is 4.09. The molecule has 1 heterocycles. The second-order valence-electron chi connectivity index (χ2n) is 3.24. The van der Waals surface area contributed by atoms with Crippen LogP contribution in [-0.2, 0) is 0 Å². The first-order valence-corrected chi connectivity index (χ1v) is 5.46. The number of aromatic nitrogens is 2. The van der Waals surface area contributed by atoms with E-state index in [1.165, 1.54) is 0 Å². The van der Waals surface area contributed by atoms with Crippen LogP contribution >= 0.6 is 15.9 Å². The topological polar surface area (TPSA) is 61.0 Å². The van der Waals surface area contributed by atoms with Crippen LogP contribution in [0.2, 0.25) is 0 Å². The Bertz CT molecular complexity index is 516. The highest BCUT2D eigenvalue weighted by atomic mass is 79.9. The molecule has 2 rings (SSSR count).